The van der Waals surface area contributed by atoms with E-state index in [0.29, 0.717) is 0 Å². The predicted molar refractivity (Wildman–Crippen MR) is 74.7 cm³/mol. The summed E-state index contributed by atoms with van der Waals surface area (Å²) in [5.74, 6) is -2.03. The van der Waals surface area contributed by atoms with E-state index >= 15 is 0 Å². The van der Waals surface area contributed by atoms with Gasteiger partial charge in [0.25, 0.3) is 5.69 Å². The first-order valence-corrected chi connectivity index (χ1v) is 6.00. The van der Waals surface area contributed by atoms with Gasteiger partial charge in [0, 0.05) is 12.1 Å². The molecule has 0 bridgehead atoms. The quantitative estimate of drug-likeness (QED) is 0.661. The molecule has 2 aromatic carbocycles. The van der Waals surface area contributed by atoms with Crippen LogP contribution in [0.4, 0.5) is 21.5 Å². The van der Waals surface area contributed by atoms with Gasteiger partial charge < -0.3 is 10.4 Å². The smallest absolute Gasteiger partial charge is 0.338 e. The van der Waals surface area contributed by atoms with E-state index in [9.17, 15) is 19.3 Å². The summed E-state index contributed by atoms with van der Waals surface area (Å²) in [4.78, 5) is 21.2. The van der Waals surface area contributed by atoms with Crippen LogP contribution in [0.2, 0.25) is 5.02 Å². The summed E-state index contributed by atoms with van der Waals surface area (Å²) >= 11 is 5.87. The summed E-state index contributed by atoms with van der Waals surface area (Å²) in [5.41, 5.74) is -0.982. The Balaban J connectivity index is 2.55. The third kappa shape index (κ3) is 3.09. The van der Waals surface area contributed by atoms with Gasteiger partial charge in [0.15, 0.2) is 0 Å². The van der Waals surface area contributed by atoms with Crippen LogP contribution in [0, 0.1) is 15.9 Å². The number of nitrogens with one attached hydrogen (secondary N) is 1. The number of nitro groups is 1. The summed E-state index contributed by atoms with van der Waals surface area (Å²) in [7, 11) is 0. The fraction of sp³-hybridized carbons (Fsp3) is 0. The SMILES string of the molecule is O=C(O)c1cc([N+](=O)[O-])cc(Cl)c1Nc1ccccc1F. The van der Waals surface area contributed by atoms with Gasteiger partial charge in [-0.15, -0.1) is 0 Å². The van der Waals surface area contributed by atoms with E-state index in [2.05, 4.69) is 5.32 Å². The van der Waals surface area contributed by atoms with Crippen molar-refractivity contribution in [1.29, 1.82) is 0 Å². The number of carbonyl (C=O) groups is 1. The fourth-order valence-corrected chi connectivity index (χ4v) is 1.95. The minimum absolute atomic E-state index is 0.00996. The topological polar surface area (TPSA) is 92.5 Å². The number of nitrogens with zero attached hydrogens (tertiary/aromatic N) is 1. The van der Waals surface area contributed by atoms with Crippen molar-refractivity contribution in [1.82, 2.24) is 0 Å². The van der Waals surface area contributed by atoms with Crippen LogP contribution in [0.1, 0.15) is 10.4 Å². The van der Waals surface area contributed by atoms with Gasteiger partial charge in [0.05, 0.1) is 26.9 Å². The molecule has 0 aliphatic heterocycles. The summed E-state index contributed by atoms with van der Waals surface area (Å²) in [5, 5.41) is 22.2. The molecule has 2 N–H and O–H groups in total. The van der Waals surface area contributed by atoms with Gasteiger partial charge in [-0.3, -0.25) is 10.1 Å². The monoisotopic (exact) mass is 310 g/mol. The van der Waals surface area contributed by atoms with Crippen LogP contribution in [-0.2, 0) is 0 Å². The lowest BCUT2D eigenvalue weighted by Gasteiger charge is -2.12. The van der Waals surface area contributed by atoms with E-state index in [0.717, 1.165) is 12.1 Å². The molecule has 0 aliphatic rings. The third-order valence-corrected chi connectivity index (χ3v) is 2.95. The molecule has 0 fully saturated rings. The highest BCUT2D eigenvalue weighted by Crippen LogP contribution is 2.34. The molecule has 0 saturated carbocycles. The normalized spacial score (nSPS) is 10.2. The zero-order valence-electron chi connectivity index (χ0n) is 10.3. The van der Waals surface area contributed by atoms with E-state index < -0.39 is 28.0 Å². The number of nitro benzene ring substituents is 1. The maximum Gasteiger partial charge on any atom is 0.338 e. The zero-order valence-corrected chi connectivity index (χ0v) is 11.1. The maximum absolute atomic E-state index is 13.6. The molecule has 6 nitrogen and oxygen atoms in total. The highest BCUT2D eigenvalue weighted by molar-refractivity contribution is 6.34. The third-order valence-electron chi connectivity index (χ3n) is 2.65. The second-order valence-electron chi connectivity index (χ2n) is 4.02. The number of carboxylic acids is 1. The number of benzene rings is 2. The Labute approximate surface area is 122 Å². The molecule has 0 saturated heterocycles. The Morgan fingerprint density at radius 2 is 2.00 bits per heavy atom. The highest BCUT2D eigenvalue weighted by Gasteiger charge is 2.20. The molecular weight excluding hydrogens is 303 g/mol. The van der Waals surface area contributed by atoms with Gasteiger partial charge in [0.1, 0.15) is 5.82 Å². The molecule has 0 unspecified atom stereocenters. The molecule has 2 rings (SSSR count). The number of para-hydroxylation sites is 1. The number of halogens is 2. The molecule has 0 atom stereocenters. The van der Waals surface area contributed by atoms with E-state index in [1.807, 2.05) is 0 Å². The summed E-state index contributed by atoms with van der Waals surface area (Å²) in [6, 6.07) is 7.44. The van der Waals surface area contributed by atoms with Crippen molar-refractivity contribution in [2.75, 3.05) is 5.32 Å². The van der Waals surface area contributed by atoms with Gasteiger partial charge in [-0.1, -0.05) is 23.7 Å². The summed E-state index contributed by atoms with van der Waals surface area (Å²) < 4.78 is 13.6. The van der Waals surface area contributed by atoms with Gasteiger partial charge in [-0.2, -0.15) is 0 Å². The molecule has 0 aliphatic carbocycles. The average Bonchev–Trinajstić information content (AvgIpc) is 2.42. The number of hydrogen-bond donors (Lipinski definition) is 2. The second kappa shape index (κ2) is 5.76. The average molecular weight is 311 g/mol. The summed E-state index contributed by atoms with van der Waals surface area (Å²) in [6.45, 7) is 0. The van der Waals surface area contributed by atoms with Crippen LogP contribution in [0.5, 0.6) is 0 Å². The van der Waals surface area contributed by atoms with Crippen LogP contribution < -0.4 is 5.32 Å². The molecule has 2 aromatic rings. The number of rotatable bonds is 4. The van der Waals surface area contributed by atoms with E-state index in [-0.39, 0.29) is 16.4 Å². The van der Waals surface area contributed by atoms with Crippen LogP contribution in [0.25, 0.3) is 0 Å². The van der Waals surface area contributed by atoms with Crippen molar-refractivity contribution >= 4 is 34.6 Å². The van der Waals surface area contributed by atoms with Gasteiger partial charge >= 0.3 is 5.97 Å². The molecule has 108 valence electrons. The van der Waals surface area contributed by atoms with Crippen LogP contribution in [-0.4, -0.2) is 16.0 Å². The van der Waals surface area contributed by atoms with Gasteiger partial charge in [-0.05, 0) is 12.1 Å². The minimum atomic E-state index is -1.42. The molecule has 8 heteroatoms. The molecule has 21 heavy (non-hydrogen) atoms. The molecule has 0 amide bonds. The molecule has 0 spiro atoms. The van der Waals surface area contributed by atoms with E-state index in [1.165, 1.54) is 18.2 Å². The Hall–Kier alpha value is -2.67. The Bertz CT molecular complexity index is 736. The summed E-state index contributed by atoms with van der Waals surface area (Å²) in [6.07, 6.45) is 0. The van der Waals surface area contributed by atoms with Crippen molar-refractivity contribution in [3.8, 4) is 0 Å². The van der Waals surface area contributed by atoms with Crippen LogP contribution in [0.3, 0.4) is 0 Å². The van der Waals surface area contributed by atoms with Gasteiger partial charge in [0.2, 0.25) is 0 Å². The number of aromatic carboxylic acids is 1. The Kier molecular flexibility index (Phi) is 4.04. The van der Waals surface area contributed by atoms with Gasteiger partial charge in [-0.25, -0.2) is 9.18 Å². The number of anilines is 2. The Morgan fingerprint density at radius 1 is 1.33 bits per heavy atom. The van der Waals surface area contributed by atoms with E-state index in [1.54, 1.807) is 6.07 Å². The lowest BCUT2D eigenvalue weighted by atomic mass is 10.1. The van der Waals surface area contributed by atoms with Crippen LogP contribution >= 0.6 is 11.6 Å². The second-order valence-corrected chi connectivity index (χ2v) is 4.42. The fourth-order valence-electron chi connectivity index (χ4n) is 1.69. The molecule has 0 heterocycles. The largest absolute Gasteiger partial charge is 0.478 e. The lowest BCUT2D eigenvalue weighted by molar-refractivity contribution is -0.384. The lowest BCUT2D eigenvalue weighted by Crippen LogP contribution is -2.05. The van der Waals surface area contributed by atoms with Crippen molar-refractivity contribution in [2.24, 2.45) is 0 Å². The van der Waals surface area contributed by atoms with Crippen molar-refractivity contribution in [3.63, 3.8) is 0 Å². The first-order valence-electron chi connectivity index (χ1n) is 5.63. The number of non-ortho nitro benzene ring substituents is 1. The molecular formula is C13H8ClFN2O4. The van der Waals surface area contributed by atoms with E-state index in [4.69, 9.17) is 16.7 Å². The first-order chi connectivity index (χ1) is 9.90. The van der Waals surface area contributed by atoms with Crippen molar-refractivity contribution in [2.45, 2.75) is 0 Å². The number of carboxylic acid groups (broad SMARTS) is 1. The highest BCUT2D eigenvalue weighted by atomic mass is 35.5. The zero-order chi connectivity index (χ0) is 15.6. The van der Waals surface area contributed by atoms with Crippen LogP contribution in [0.15, 0.2) is 36.4 Å². The maximum atomic E-state index is 13.6. The molecule has 0 aromatic heterocycles. The van der Waals surface area contributed by atoms with Crippen molar-refractivity contribution < 1.29 is 19.2 Å². The minimum Gasteiger partial charge on any atom is -0.478 e. The van der Waals surface area contributed by atoms with Crippen molar-refractivity contribution in [3.05, 3.63) is 62.9 Å². The predicted octanol–water partition coefficient (Wildman–Crippen LogP) is 3.83. The standard InChI is InChI=1S/C13H8ClFN2O4/c14-9-6-7(17(20)21)5-8(13(18)19)12(9)16-11-4-2-1-3-10(11)15/h1-6,16H,(H,18,19). The Morgan fingerprint density at radius 3 is 2.57 bits per heavy atom. The first kappa shape index (κ1) is 14.7. The molecule has 0 radical (unpaired) electrons. The number of hydrogen-bond acceptors (Lipinski definition) is 4.